The first-order chi connectivity index (χ1) is 7.80. The van der Waals surface area contributed by atoms with Crippen molar-refractivity contribution in [2.45, 2.75) is 19.0 Å². The SMILES string of the molecule is C[C@@H]1NC(=O)[C@@H]2CN(S(C)(=O)=O)CCN2C1=O. The topological polar surface area (TPSA) is 86.8 Å². The highest BCUT2D eigenvalue weighted by atomic mass is 32.2. The monoisotopic (exact) mass is 261 g/mol. The number of carbonyl (C=O) groups is 2. The predicted octanol–water partition coefficient (Wildman–Crippen LogP) is -2.02. The molecule has 0 aromatic carbocycles. The van der Waals surface area contributed by atoms with Crippen molar-refractivity contribution >= 4 is 21.8 Å². The molecule has 17 heavy (non-hydrogen) atoms. The molecule has 8 heteroatoms. The number of hydrogen-bond acceptors (Lipinski definition) is 4. The molecule has 0 aromatic heterocycles. The van der Waals surface area contributed by atoms with Gasteiger partial charge in [0.1, 0.15) is 12.1 Å². The first-order valence-corrected chi connectivity index (χ1v) is 7.21. The maximum absolute atomic E-state index is 11.8. The Balaban J connectivity index is 2.21. The standard InChI is InChI=1S/C9H15N3O4S/c1-6-9(14)12-4-3-11(17(2,15)16)5-7(12)8(13)10-6/h6-7H,3-5H2,1-2H3,(H,10,13)/t6-,7-/m0/s1. The van der Waals surface area contributed by atoms with E-state index in [9.17, 15) is 18.0 Å². The first-order valence-electron chi connectivity index (χ1n) is 5.36. The van der Waals surface area contributed by atoms with Gasteiger partial charge in [0.05, 0.1) is 6.26 Å². The van der Waals surface area contributed by atoms with Crippen LogP contribution in [0.1, 0.15) is 6.92 Å². The molecule has 2 heterocycles. The smallest absolute Gasteiger partial charge is 0.245 e. The van der Waals surface area contributed by atoms with Crippen LogP contribution in [0.25, 0.3) is 0 Å². The second-order valence-electron chi connectivity index (χ2n) is 4.40. The van der Waals surface area contributed by atoms with Crippen LogP contribution in [0, 0.1) is 0 Å². The molecule has 2 saturated heterocycles. The minimum atomic E-state index is -3.32. The van der Waals surface area contributed by atoms with Crippen molar-refractivity contribution in [3.05, 3.63) is 0 Å². The predicted molar refractivity (Wildman–Crippen MR) is 59.5 cm³/mol. The number of nitrogens with one attached hydrogen (secondary N) is 1. The van der Waals surface area contributed by atoms with Gasteiger partial charge in [-0.15, -0.1) is 0 Å². The van der Waals surface area contributed by atoms with Gasteiger partial charge in [-0.25, -0.2) is 8.42 Å². The van der Waals surface area contributed by atoms with Crippen molar-refractivity contribution in [1.82, 2.24) is 14.5 Å². The molecule has 2 fully saturated rings. The fourth-order valence-corrected chi connectivity index (χ4v) is 2.99. The van der Waals surface area contributed by atoms with E-state index in [0.717, 1.165) is 6.26 Å². The number of rotatable bonds is 1. The van der Waals surface area contributed by atoms with Gasteiger partial charge in [0.15, 0.2) is 0 Å². The zero-order valence-electron chi connectivity index (χ0n) is 9.71. The molecule has 0 unspecified atom stereocenters. The van der Waals surface area contributed by atoms with Crippen molar-refractivity contribution in [3.63, 3.8) is 0 Å². The van der Waals surface area contributed by atoms with Crippen LogP contribution >= 0.6 is 0 Å². The number of amides is 2. The molecule has 2 aliphatic rings. The Morgan fingerprint density at radius 2 is 1.94 bits per heavy atom. The van der Waals surface area contributed by atoms with E-state index in [2.05, 4.69) is 5.32 Å². The Bertz CT molecular complexity index is 461. The normalized spacial score (nSPS) is 31.1. The molecule has 2 atom stereocenters. The Morgan fingerprint density at radius 1 is 1.29 bits per heavy atom. The Labute approximate surface area is 99.8 Å². The summed E-state index contributed by atoms with van der Waals surface area (Å²) in [5.74, 6) is -0.437. The Hall–Kier alpha value is -1.15. The molecule has 2 aliphatic heterocycles. The Kier molecular flexibility index (Phi) is 2.86. The molecule has 1 N–H and O–H groups in total. The van der Waals surface area contributed by atoms with E-state index in [1.165, 1.54) is 9.21 Å². The third kappa shape index (κ3) is 2.14. The zero-order valence-corrected chi connectivity index (χ0v) is 10.5. The average molecular weight is 261 g/mol. The minimum Gasteiger partial charge on any atom is -0.343 e. The fourth-order valence-electron chi connectivity index (χ4n) is 2.17. The van der Waals surface area contributed by atoms with Crippen molar-refractivity contribution in [2.24, 2.45) is 0 Å². The summed E-state index contributed by atoms with van der Waals surface area (Å²) >= 11 is 0. The van der Waals surface area contributed by atoms with Gasteiger partial charge in [-0.2, -0.15) is 4.31 Å². The molecular weight excluding hydrogens is 246 g/mol. The summed E-state index contributed by atoms with van der Waals surface area (Å²) < 4.78 is 24.0. The van der Waals surface area contributed by atoms with E-state index in [1.807, 2.05) is 0 Å². The first kappa shape index (κ1) is 12.3. The highest BCUT2D eigenvalue weighted by molar-refractivity contribution is 7.88. The zero-order chi connectivity index (χ0) is 12.8. The van der Waals surface area contributed by atoms with Crippen LogP contribution in [-0.2, 0) is 19.6 Å². The average Bonchev–Trinajstić information content (AvgIpc) is 2.24. The van der Waals surface area contributed by atoms with E-state index < -0.39 is 22.1 Å². The number of fused-ring (bicyclic) bond motifs is 1. The lowest BCUT2D eigenvalue weighted by Gasteiger charge is -2.43. The van der Waals surface area contributed by atoms with Gasteiger partial charge in [-0.1, -0.05) is 0 Å². The van der Waals surface area contributed by atoms with Crippen LogP contribution in [0.5, 0.6) is 0 Å². The lowest BCUT2D eigenvalue weighted by molar-refractivity contribution is -0.151. The van der Waals surface area contributed by atoms with Gasteiger partial charge >= 0.3 is 0 Å². The van der Waals surface area contributed by atoms with E-state index in [4.69, 9.17) is 0 Å². The third-order valence-corrected chi connectivity index (χ3v) is 4.40. The molecule has 96 valence electrons. The summed E-state index contributed by atoms with van der Waals surface area (Å²) in [6, 6.07) is -1.22. The maximum Gasteiger partial charge on any atom is 0.245 e. The van der Waals surface area contributed by atoms with Gasteiger partial charge in [0.2, 0.25) is 21.8 Å². The minimum absolute atomic E-state index is 0.0448. The third-order valence-electron chi connectivity index (χ3n) is 3.13. The van der Waals surface area contributed by atoms with Crippen LogP contribution in [0.3, 0.4) is 0 Å². The van der Waals surface area contributed by atoms with E-state index in [0.29, 0.717) is 0 Å². The van der Waals surface area contributed by atoms with Crippen LogP contribution < -0.4 is 5.32 Å². The molecule has 0 aromatic rings. The summed E-state index contributed by atoms with van der Waals surface area (Å²) in [4.78, 5) is 25.0. The van der Waals surface area contributed by atoms with Crippen LogP contribution in [-0.4, -0.2) is 67.4 Å². The van der Waals surface area contributed by atoms with Gasteiger partial charge in [0.25, 0.3) is 0 Å². The molecule has 0 bridgehead atoms. The summed E-state index contributed by atoms with van der Waals surface area (Å²) in [5, 5.41) is 2.55. The lowest BCUT2D eigenvalue weighted by atomic mass is 10.1. The molecule has 2 rings (SSSR count). The quantitative estimate of drug-likeness (QED) is 0.590. The van der Waals surface area contributed by atoms with Crippen molar-refractivity contribution in [2.75, 3.05) is 25.9 Å². The number of hydrogen-bond donors (Lipinski definition) is 1. The van der Waals surface area contributed by atoms with Gasteiger partial charge in [-0.3, -0.25) is 9.59 Å². The van der Waals surface area contributed by atoms with E-state index in [-0.39, 0.29) is 31.4 Å². The number of carbonyl (C=O) groups excluding carboxylic acids is 2. The summed E-state index contributed by atoms with van der Waals surface area (Å²) in [6.07, 6.45) is 1.10. The highest BCUT2D eigenvalue weighted by Gasteiger charge is 2.43. The molecular formula is C9H15N3O4S. The van der Waals surface area contributed by atoms with Crippen molar-refractivity contribution in [3.8, 4) is 0 Å². The second kappa shape index (κ2) is 3.95. The van der Waals surface area contributed by atoms with Crippen molar-refractivity contribution in [1.29, 1.82) is 0 Å². The lowest BCUT2D eigenvalue weighted by Crippen LogP contribution is -2.68. The molecule has 0 spiro atoms. The molecule has 0 aliphatic carbocycles. The number of sulfonamides is 1. The van der Waals surface area contributed by atoms with E-state index in [1.54, 1.807) is 6.92 Å². The molecule has 7 nitrogen and oxygen atoms in total. The van der Waals surface area contributed by atoms with Gasteiger partial charge < -0.3 is 10.2 Å². The maximum atomic E-state index is 11.8. The van der Waals surface area contributed by atoms with Crippen LogP contribution in [0.15, 0.2) is 0 Å². The summed E-state index contributed by atoms with van der Waals surface area (Å²) in [6.45, 7) is 2.19. The summed E-state index contributed by atoms with van der Waals surface area (Å²) in [5.41, 5.74) is 0. The fraction of sp³-hybridized carbons (Fsp3) is 0.778. The second-order valence-corrected chi connectivity index (χ2v) is 6.38. The number of piperazine rings is 2. The van der Waals surface area contributed by atoms with E-state index >= 15 is 0 Å². The number of nitrogens with zero attached hydrogens (tertiary/aromatic N) is 2. The highest BCUT2D eigenvalue weighted by Crippen LogP contribution is 2.17. The molecule has 2 amide bonds. The molecule has 0 radical (unpaired) electrons. The van der Waals surface area contributed by atoms with Gasteiger partial charge in [-0.05, 0) is 6.92 Å². The van der Waals surface area contributed by atoms with Crippen LogP contribution in [0.4, 0.5) is 0 Å². The van der Waals surface area contributed by atoms with Crippen LogP contribution in [0.2, 0.25) is 0 Å². The largest absolute Gasteiger partial charge is 0.343 e. The summed E-state index contributed by atoms with van der Waals surface area (Å²) in [7, 11) is -3.32. The molecule has 0 saturated carbocycles. The van der Waals surface area contributed by atoms with Crippen molar-refractivity contribution < 1.29 is 18.0 Å². The Morgan fingerprint density at radius 3 is 2.53 bits per heavy atom. The van der Waals surface area contributed by atoms with Gasteiger partial charge in [0, 0.05) is 19.6 Å².